The molecule has 0 radical (unpaired) electrons. The second-order valence-electron chi connectivity index (χ2n) is 5.35. The predicted molar refractivity (Wildman–Crippen MR) is 76.0 cm³/mol. The second-order valence-corrected chi connectivity index (χ2v) is 5.35. The van der Waals surface area contributed by atoms with Crippen molar-refractivity contribution in [3.05, 3.63) is 23.5 Å². The summed E-state index contributed by atoms with van der Waals surface area (Å²) in [5.41, 5.74) is 7.60. The highest BCUT2D eigenvalue weighted by atomic mass is 16.2. The zero-order chi connectivity index (χ0) is 14.0. The summed E-state index contributed by atoms with van der Waals surface area (Å²) in [6.45, 7) is 3.92. The van der Waals surface area contributed by atoms with Crippen LogP contribution in [0.15, 0.2) is 12.3 Å². The number of aryl methyl sites for hydroxylation is 1. The number of pyridine rings is 1. The van der Waals surface area contributed by atoms with Crippen LogP contribution in [0, 0.1) is 6.92 Å². The van der Waals surface area contributed by atoms with Gasteiger partial charge in [-0.05, 0) is 46.0 Å². The molecule has 1 aromatic heterocycles. The zero-order valence-corrected chi connectivity index (χ0v) is 11.9. The average Bonchev–Trinajstić information content (AvgIpc) is 2.41. The number of nitrogens with zero attached hydrogens (tertiary/aromatic N) is 3. The number of rotatable bonds is 2. The molecule has 0 atom stereocenters. The predicted octanol–water partition coefficient (Wildman–Crippen LogP) is 1.14. The van der Waals surface area contributed by atoms with Gasteiger partial charge in [-0.15, -0.1) is 0 Å². The molecular formula is C14H22N4O. The number of amides is 1. The molecule has 104 valence electrons. The van der Waals surface area contributed by atoms with Crippen molar-refractivity contribution in [2.45, 2.75) is 25.8 Å². The average molecular weight is 262 g/mol. The molecule has 0 saturated carbocycles. The fourth-order valence-electron chi connectivity index (χ4n) is 2.50. The van der Waals surface area contributed by atoms with E-state index in [1.165, 1.54) is 0 Å². The van der Waals surface area contributed by atoms with Gasteiger partial charge in [-0.25, -0.2) is 0 Å². The zero-order valence-electron chi connectivity index (χ0n) is 11.9. The van der Waals surface area contributed by atoms with Gasteiger partial charge in [0.05, 0.1) is 23.1 Å². The largest absolute Gasteiger partial charge is 0.397 e. The van der Waals surface area contributed by atoms with Gasteiger partial charge in [-0.2, -0.15) is 0 Å². The Morgan fingerprint density at radius 2 is 2.11 bits per heavy atom. The molecule has 1 amide bonds. The van der Waals surface area contributed by atoms with Crippen molar-refractivity contribution >= 4 is 11.6 Å². The summed E-state index contributed by atoms with van der Waals surface area (Å²) in [4.78, 5) is 20.8. The lowest BCUT2D eigenvalue weighted by molar-refractivity contribution is 0.0658. The second kappa shape index (κ2) is 5.57. The lowest BCUT2D eigenvalue weighted by Gasteiger charge is -2.35. The standard InChI is InChI=1S/C14H22N4O/c1-10-13(8-11(15)9-16-10)14(19)18(3)12-4-6-17(2)7-5-12/h8-9,12H,4-7,15H2,1-3H3. The van der Waals surface area contributed by atoms with E-state index >= 15 is 0 Å². The quantitative estimate of drug-likeness (QED) is 0.868. The molecule has 0 spiro atoms. The summed E-state index contributed by atoms with van der Waals surface area (Å²) >= 11 is 0. The minimum atomic E-state index is 0.0202. The Morgan fingerprint density at radius 3 is 2.74 bits per heavy atom. The van der Waals surface area contributed by atoms with Gasteiger partial charge >= 0.3 is 0 Å². The molecule has 2 rings (SSSR count). The number of likely N-dealkylation sites (tertiary alicyclic amines) is 1. The van der Waals surface area contributed by atoms with Crippen LogP contribution in [0.3, 0.4) is 0 Å². The van der Waals surface area contributed by atoms with Crippen molar-refractivity contribution in [2.24, 2.45) is 0 Å². The van der Waals surface area contributed by atoms with Gasteiger partial charge in [0.25, 0.3) is 5.91 Å². The molecule has 5 heteroatoms. The summed E-state index contributed by atoms with van der Waals surface area (Å²) in [6, 6.07) is 2.03. The number of carbonyl (C=O) groups excluding carboxylic acids is 1. The lowest BCUT2D eigenvalue weighted by atomic mass is 10.0. The molecule has 0 unspecified atom stereocenters. The first-order valence-corrected chi connectivity index (χ1v) is 6.67. The molecule has 0 aliphatic carbocycles. The van der Waals surface area contributed by atoms with Crippen molar-refractivity contribution in [1.82, 2.24) is 14.8 Å². The van der Waals surface area contributed by atoms with Gasteiger partial charge in [-0.1, -0.05) is 0 Å². The molecule has 2 heterocycles. The highest BCUT2D eigenvalue weighted by molar-refractivity contribution is 5.96. The van der Waals surface area contributed by atoms with Crippen molar-refractivity contribution in [3.63, 3.8) is 0 Å². The maximum atomic E-state index is 12.5. The van der Waals surface area contributed by atoms with Crippen molar-refractivity contribution in [2.75, 3.05) is 32.9 Å². The summed E-state index contributed by atoms with van der Waals surface area (Å²) in [7, 11) is 3.99. The number of piperidine rings is 1. The van der Waals surface area contributed by atoms with E-state index in [2.05, 4.69) is 16.9 Å². The molecule has 1 aliphatic heterocycles. The van der Waals surface area contributed by atoms with E-state index in [-0.39, 0.29) is 5.91 Å². The Kier molecular flexibility index (Phi) is 4.04. The number of nitrogen functional groups attached to an aromatic ring is 1. The topological polar surface area (TPSA) is 62.5 Å². The van der Waals surface area contributed by atoms with Crippen LogP contribution in [0.5, 0.6) is 0 Å². The highest BCUT2D eigenvalue weighted by Gasteiger charge is 2.25. The molecule has 0 bridgehead atoms. The van der Waals surface area contributed by atoms with E-state index < -0.39 is 0 Å². The number of hydrogen-bond acceptors (Lipinski definition) is 4. The van der Waals surface area contributed by atoms with Crippen molar-refractivity contribution in [1.29, 1.82) is 0 Å². The summed E-state index contributed by atoms with van der Waals surface area (Å²) in [5, 5.41) is 0. The van der Waals surface area contributed by atoms with Gasteiger partial charge in [0.1, 0.15) is 0 Å². The molecular weight excluding hydrogens is 240 g/mol. The van der Waals surface area contributed by atoms with Gasteiger partial charge in [0, 0.05) is 13.1 Å². The van der Waals surface area contributed by atoms with E-state index in [9.17, 15) is 4.79 Å². The van der Waals surface area contributed by atoms with Gasteiger partial charge in [0.15, 0.2) is 0 Å². The Labute approximate surface area is 114 Å². The first-order valence-electron chi connectivity index (χ1n) is 6.67. The molecule has 2 N–H and O–H groups in total. The normalized spacial score (nSPS) is 17.4. The van der Waals surface area contributed by atoms with Crippen LogP contribution in [-0.2, 0) is 0 Å². The molecule has 1 fully saturated rings. The monoisotopic (exact) mass is 262 g/mol. The Bertz CT molecular complexity index is 467. The van der Waals surface area contributed by atoms with Crippen LogP contribution in [0.25, 0.3) is 0 Å². The fourth-order valence-corrected chi connectivity index (χ4v) is 2.50. The van der Waals surface area contributed by atoms with E-state index in [0.29, 0.717) is 17.3 Å². The van der Waals surface area contributed by atoms with Crippen molar-refractivity contribution in [3.8, 4) is 0 Å². The lowest BCUT2D eigenvalue weighted by Crippen LogP contribution is -2.44. The smallest absolute Gasteiger partial charge is 0.255 e. The summed E-state index contributed by atoms with van der Waals surface area (Å²) in [5.74, 6) is 0.0202. The molecule has 5 nitrogen and oxygen atoms in total. The number of aromatic nitrogens is 1. The maximum absolute atomic E-state index is 12.5. The van der Waals surface area contributed by atoms with Crippen LogP contribution in [0.2, 0.25) is 0 Å². The van der Waals surface area contributed by atoms with Crippen molar-refractivity contribution < 1.29 is 4.79 Å². The molecule has 1 saturated heterocycles. The van der Waals surface area contributed by atoms with Crippen LogP contribution < -0.4 is 5.73 Å². The van der Waals surface area contributed by atoms with Crippen LogP contribution in [-0.4, -0.2) is 53.9 Å². The Morgan fingerprint density at radius 1 is 1.47 bits per heavy atom. The van der Waals surface area contributed by atoms with Crippen LogP contribution >= 0.6 is 0 Å². The molecule has 1 aliphatic rings. The van der Waals surface area contributed by atoms with Gasteiger partial charge in [-0.3, -0.25) is 9.78 Å². The fraction of sp³-hybridized carbons (Fsp3) is 0.571. The molecule has 0 aromatic carbocycles. The summed E-state index contributed by atoms with van der Waals surface area (Å²) < 4.78 is 0. The van der Waals surface area contributed by atoms with Gasteiger partial charge in [0.2, 0.25) is 0 Å². The van der Waals surface area contributed by atoms with Crippen LogP contribution in [0.4, 0.5) is 5.69 Å². The Balaban J connectivity index is 2.12. The molecule has 1 aromatic rings. The third-order valence-corrected chi connectivity index (χ3v) is 3.89. The number of carbonyl (C=O) groups is 1. The summed E-state index contributed by atoms with van der Waals surface area (Å²) in [6.07, 6.45) is 3.63. The van der Waals surface area contributed by atoms with E-state index in [1.54, 1.807) is 12.3 Å². The minimum Gasteiger partial charge on any atom is -0.397 e. The molecule has 19 heavy (non-hydrogen) atoms. The first-order chi connectivity index (χ1) is 8.99. The van der Waals surface area contributed by atoms with E-state index in [1.807, 2.05) is 18.9 Å². The first kappa shape index (κ1) is 13.8. The maximum Gasteiger partial charge on any atom is 0.255 e. The van der Waals surface area contributed by atoms with E-state index in [0.717, 1.165) is 31.6 Å². The third kappa shape index (κ3) is 3.04. The SMILES string of the molecule is Cc1ncc(N)cc1C(=O)N(C)C1CCN(C)CC1. The van der Waals surface area contributed by atoms with Crippen LogP contribution in [0.1, 0.15) is 28.9 Å². The highest BCUT2D eigenvalue weighted by Crippen LogP contribution is 2.18. The minimum absolute atomic E-state index is 0.0202. The van der Waals surface area contributed by atoms with E-state index in [4.69, 9.17) is 5.73 Å². The Hall–Kier alpha value is -1.62. The number of anilines is 1. The third-order valence-electron chi connectivity index (χ3n) is 3.89. The number of hydrogen-bond donors (Lipinski definition) is 1. The number of nitrogens with two attached hydrogens (primary N) is 1. The van der Waals surface area contributed by atoms with Gasteiger partial charge < -0.3 is 15.5 Å².